The van der Waals surface area contributed by atoms with Crippen LogP contribution in [-0.2, 0) is 6.54 Å². The molecular weight excluding hydrogens is 244 g/mol. The first-order valence-corrected chi connectivity index (χ1v) is 7.41. The van der Waals surface area contributed by atoms with Gasteiger partial charge in [0.05, 0.1) is 0 Å². The van der Waals surface area contributed by atoms with Crippen LogP contribution in [0.3, 0.4) is 0 Å². The molecule has 0 amide bonds. The molecular formula is C15H21ClN2. The fourth-order valence-corrected chi connectivity index (χ4v) is 3.02. The predicted octanol–water partition coefficient (Wildman–Crippen LogP) is 3.06. The van der Waals surface area contributed by atoms with Gasteiger partial charge in [-0.1, -0.05) is 29.8 Å². The molecule has 1 aromatic carbocycles. The predicted molar refractivity (Wildman–Crippen MR) is 75.9 cm³/mol. The molecule has 1 aromatic rings. The van der Waals surface area contributed by atoms with Crippen LogP contribution in [-0.4, -0.2) is 30.1 Å². The van der Waals surface area contributed by atoms with Gasteiger partial charge in [-0.15, -0.1) is 0 Å². The van der Waals surface area contributed by atoms with E-state index < -0.39 is 0 Å². The molecule has 1 aliphatic heterocycles. The summed E-state index contributed by atoms with van der Waals surface area (Å²) in [7, 11) is 0. The van der Waals surface area contributed by atoms with E-state index in [9.17, 15) is 0 Å². The van der Waals surface area contributed by atoms with E-state index in [0.717, 1.165) is 17.6 Å². The van der Waals surface area contributed by atoms with Gasteiger partial charge in [0.1, 0.15) is 0 Å². The monoisotopic (exact) mass is 264 g/mol. The van der Waals surface area contributed by atoms with Gasteiger partial charge in [-0.3, -0.25) is 4.90 Å². The van der Waals surface area contributed by atoms with E-state index in [1.54, 1.807) is 0 Å². The lowest BCUT2D eigenvalue weighted by Gasteiger charge is -2.26. The Labute approximate surface area is 114 Å². The Bertz CT molecular complexity index is 397. The molecule has 2 fully saturated rings. The van der Waals surface area contributed by atoms with Gasteiger partial charge in [0.25, 0.3) is 0 Å². The second-order valence-electron chi connectivity index (χ2n) is 5.55. The first-order valence-electron chi connectivity index (χ1n) is 7.04. The fourth-order valence-electron chi connectivity index (χ4n) is 2.82. The molecule has 3 rings (SSSR count). The van der Waals surface area contributed by atoms with E-state index in [4.69, 9.17) is 11.6 Å². The van der Waals surface area contributed by atoms with Crippen LogP contribution in [0.4, 0.5) is 0 Å². The molecule has 18 heavy (non-hydrogen) atoms. The highest BCUT2D eigenvalue weighted by Gasteiger charge is 2.31. The number of rotatable bonds is 5. The highest BCUT2D eigenvalue weighted by atomic mass is 35.5. The molecule has 3 heteroatoms. The lowest BCUT2D eigenvalue weighted by atomic mass is 10.1. The SMILES string of the molecule is Clc1ccccc1CN(C[C@@H]1CCCN1)C1CC1. The molecule has 0 spiro atoms. The normalized spacial score (nSPS) is 23.8. The molecule has 0 aromatic heterocycles. The van der Waals surface area contributed by atoms with Crippen molar-refractivity contribution in [1.29, 1.82) is 0 Å². The van der Waals surface area contributed by atoms with Gasteiger partial charge >= 0.3 is 0 Å². The van der Waals surface area contributed by atoms with E-state index >= 15 is 0 Å². The Balaban J connectivity index is 1.64. The number of hydrogen-bond acceptors (Lipinski definition) is 2. The molecule has 2 nitrogen and oxygen atoms in total. The van der Waals surface area contributed by atoms with Crippen molar-refractivity contribution in [1.82, 2.24) is 10.2 Å². The van der Waals surface area contributed by atoms with E-state index in [1.165, 1.54) is 44.3 Å². The molecule has 2 aliphatic rings. The van der Waals surface area contributed by atoms with Crippen molar-refractivity contribution in [2.24, 2.45) is 0 Å². The van der Waals surface area contributed by atoms with Gasteiger partial charge in [0, 0.05) is 30.2 Å². The second-order valence-corrected chi connectivity index (χ2v) is 5.95. The van der Waals surface area contributed by atoms with Crippen molar-refractivity contribution in [3.63, 3.8) is 0 Å². The second kappa shape index (κ2) is 5.60. The van der Waals surface area contributed by atoms with Crippen molar-refractivity contribution >= 4 is 11.6 Å². The van der Waals surface area contributed by atoms with Gasteiger partial charge in [-0.05, 0) is 43.9 Å². The minimum atomic E-state index is 0.688. The molecule has 1 heterocycles. The van der Waals surface area contributed by atoms with Crippen LogP contribution < -0.4 is 5.32 Å². The first-order chi connectivity index (χ1) is 8.83. The third kappa shape index (κ3) is 3.05. The molecule has 1 N–H and O–H groups in total. The maximum atomic E-state index is 6.27. The van der Waals surface area contributed by atoms with Crippen LogP contribution in [0.15, 0.2) is 24.3 Å². The summed E-state index contributed by atoms with van der Waals surface area (Å²) in [5.41, 5.74) is 1.27. The lowest BCUT2D eigenvalue weighted by Crippen LogP contribution is -2.38. The number of nitrogens with zero attached hydrogens (tertiary/aromatic N) is 1. The van der Waals surface area contributed by atoms with Crippen molar-refractivity contribution in [2.45, 2.75) is 44.3 Å². The van der Waals surface area contributed by atoms with Gasteiger partial charge in [-0.2, -0.15) is 0 Å². The van der Waals surface area contributed by atoms with Crippen LogP contribution in [0.1, 0.15) is 31.2 Å². The molecule has 0 radical (unpaired) electrons. The largest absolute Gasteiger partial charge is 0.313 e. The van der Waals surface area contributed by atoms with Crippen molar-refractivity contribution in [3.8, 4) is 0 Å². The molecule has 1 atom stereocenters. The highest BCUT2D eigenvalue weighted by Crippen LogP contribution is 2.30. The number of benzene rings is 1. The fraction of sp³-hybridized carbons (Fsp3) is 0.600. The zero-order chi connectivity index (χ0) is 12.4. The van der Waals surface area contributed by atoms with Crippen LogP contribution in [0.2, 0.25) is 5.02 Å². The number of hydrogen-bond donors (Lipinski definition) is 1. The van der Waals surface area contributed by atoms with Crippen LogP contribution in [0.25, 0.3) is 0 Å². The Morgan fingerprint density at radius 2 is 2.06 bits per heavy atom. The van der Waals surface area contributed by atoms with Crippen LogP contribution in [0.5, 0.6) is 0 Å². The number of halogens is 1. The van der Waals surface area contributed by atoms with Crippen LogP contribution >= 0.6 is 11.6 Å². The average Bonchev–Trinajstić information content (AvgIpc) is 3.10. The van der Waals surface area contributed by atoms with E-state index in [1.807, 2.05) is 12.1 Å². The Morgan fingerprint density at radius 1 is 1.22 bits per heavy atom. The zero-order valence-corrected chi connectivity index (χ0v) is 11.5. The van der Waals surface area contributed by atoms with Crippen molar-refractivity contribution in [2.75, 3.05) is 13.1 Å². The third-order valence-corrected chi connectivity index (χ3v) is 4.38. The minimum absolute atomic E-state index is 0.688. The molecule has 1 saturated carbocycles. The molecule has 0 unspecified atom stereocenters. The standard InChI is InChI=1S/C15H21ClN2/c16-15-6-2-1-4-12(15)10-18(14-7-8-14)11-13-5-3-9-17-13/h1-2,4,6,13-14,17H,3,5,7-11H2/t13-/m0/s1. The molecule has 0 bridgehead atoms. The summed E-state index contributed by atoms with van der Waals surface area (Å²) >= 11 is 6.27. The Hall–Kier alpha value is -0.570. The minimum Gasteiger partial charge on any atom is -0.313 e. The summed E-state index contributed by atoms with van der Waals surface area (Å²) in [4.78, 5) is 2.62. The summed E-state index contributed by atoms with van der Waals surface area (Å²) in [6.45, 7) is 3.37. The topological polar surface area (TPSA) is 15.3 Å². The molecule has 98 valence electrons. The third-order valence-electron chi connectivity index (χ3n) is 4.01. The van der Waals surface area contributed by atoms with Gasteiger partial charge in [0.2, 0.25) is 0 Å². The number of nitrogens with one attached hydrogen (secondary N) is 1. The van der Waals surface area contributed by atoms with Gasteiger partial charge < -0.3 is 5.32 Å². The first kappa shape index (κ1) is 12.5. The van der Waals surface area contributed by atoms with E-state index in [0.29, 0.717) is 6.04 Å². The maximum Gasteiger partial charge on any atom is 0.0451 e. The summed E-state index contributed by atoms with van der Waals surface area (Å²) in [5.74, 6) is 0. The Kier molecular flexibility index (Phi) is 3.88. The average molecular weight is 265 g/mol. The smallest absolute Gasteiger partial charge is 0.0451 e. The van der Waals surface area contributed by atoms with Crippen molar-refractivity contribution in [3.05, 3.63) is 34.9 Å². The lowest BCUT2D eigenvalue weighted by molar-refractivity contribution is 0.231. The van der Waals surface area contributed by atoms with E-state index in [-0.39, 0.29) is 0 Å². The van der Waals surface area contributed by atoms with Gasteiger partial charge in [-0.25, -0.2) is 0 Å². The van der Waals surface area contributed by atoms with E-state index in [2.05, 4.69) is 22.3 Å². The van der Waals surface area contributed by atoms with Crippen molar-refractivity contribution < 1.29 is 0 Å². The summed E-state index contributed by atoms with van der Waals surface area (Å²) in [6, 6.07) is 9.72. The Morgan fingerprint density at radius 3 is 2.72 bits per heavy atom. The zero-order valence-electron chi connectivity index (χ0n) is 10.7. The van der Waals surface area contributed by atoms with Crippen LogP contribution in [0, 0.1) is 0 Å². The molecule has 1 saturated heterocycles. The summed E-state index contributed by atoms with van der Waals surface area (Å²) in [6.07, 6.45) is 5.37. The maximum absolute atomic E-state index is 6.27. The quantitative estimate of drug-likeness (QED) is 0.879. The molecule has 1 aliphatic carbocycles. The summed E-state index contributed by atoms with van der Waals surface area (Å²) in [5, 5.41) is 4.50. The van der Waals surface area contributed by atoms with Gasteiger partial charge in [0.15, 0.2) is 0 Å². The highest BCUT2D eigenvalue weighted by molar-refractivity contribution is 6.31. The summed E-state index contributed by atoms with van der Waals surface area (Å²) < 4.78 is 0.